The van der Waals surface area contributed by atoms with Gasteiger partial charge in [0.1, 0.15) is 0 Å². The van der Waals surface area contributed by atoms with E-state index in [1.165, 1.54) is 11.8 Å². The van der Waals surface area contributed by atoms with E-state index >= 15 is 0 Å². The van der Waals surface area contributed by atoms with Gasteiger partial charge < -0.3 is 10.7 Å². The molecule has 2 aromatic carbocycles. The fourth-order valence-electron chi connectivity index (χ4n) is 3.10. The lowest BCUT2D eigenvalue weighted by Crippen LogP contribution is -2.36. The topological polar surface area (TPSA) is 119 Å². The highest BCUT2D eigenvalue weighted by atomic mass is 32.2. The summed E-state index contributed by atoms with van der Waals surface area (Å²) in [6, 6.07) is 15.0. The van der Waals surface area contributed by atoms with Crippen molar-refractivity contribution in [3.63, 3.8) is 0 Å². The third-order valence-corrected chi connectivity index (χ3v) is 5.25. The van der Waals surface area contributed by atoms with E-state index in [0.29, 0.717) is 11.0 Å². The number of aromatic amines is 1. The van der Waals surface area contributed by atoms with E-state index in [4.69, 9.17) is 5.73 Å². The maximum atomic E-state index is 11.8. The number of thioether (sulfide) groups is 1. The monoisotopic (exact) mass is 406 g/mol. The molecular formula is C20H18N6O2S. The lowest BCUT2D eigenvalue weighted by molar-refractivity contribution is -0.117. The van der Waals surface area contributed by atoms with Gasteiger partial charge in [0.2, 0.25) is 5.91 Å². The average molecular weight is 406 g/mol. The van der Waals surface area contributed by atoms with E-state index in [1.807, 2.05) is 66.2 Å². The van der Waals surface area contributed by atoms with Crippen LogP contribution in [0.15, 0.2) is 59.9 Å². The highest BCUT2D eigenvalue weighted by Gasteiger charge is 2.20. The number of primary amides is 1. The second-order valence-electron chi connectivity index (χ2n) is 6.43. The first-order valence-electron chi connectivity index (χ1n) is 8.84. The van der Waals surface area contributed by atoms with E-state index in [-0.39, 0.29) is 5.75 Å². The van der Waals surface area contributed by atoms with Crippen LogP contribution in [0.3, 0.4) is 0 Å². The molecule has 0 fully saturated rings. The summed E-state index contributed by atoms with van der Waals surface area (Å²) >= 11 is 1.18. The van der Waals surface area contributed by atoms with Crippen molar-refractivity contribution in [2.45, 2.75) is 12.1 Å². The van der Waals surface area contributed by atoms with E-state index in [1.54, 1.807) is 0 Å². The number of fused-ring (bicyclic) bond motifs is 1. The summed E-state index contributed by atoms with van der Waals surface area (Å²) in [5.74, 6) is 0.154. The van der Waals surface area contributed by atoms with Crippen LogP contribution < -0.4 is 11.1 Å². The van der Waals surface area contributed by atoms with Gasteiger partial charge in [-0.3, -0.25) is 14.7 Å². The largest absolute Gasteiger partial charge is 0.360 e. The molecule has 2 heterocycles. The van der Waals surface area contributed by atoms with Crippen LogP contribution in [0, 0.1) is 6.92 Å². The number of urea groups is 1. The average Bonchev–Trinajstić information content (AvgIpc) is 3.29. The summed E-state index contributed by atoms with van der Waals surface area (Å²) in [7, 11) is 0. The fourth-order valence-corrected chi connectivity index (χ4v) is 3.85. The standard InChI is InChI=1S/C20H18N6O2S/c1-12-5-4-6-13(9-12)26-18(15-10-22-16-8-3-2-7-14(15)16)24-25-20(26)29-11-17(27)23-19(21)28/h2-10,22H,11H2,1H3,(H3,21,23,27,28). The van der Waals surface area contributed by atoms with Crippen LogP contribution in [0.1, 0.15) is 5.56 Å². The maximum absolute atomic E-state index is 11.8. The van der Waals surface area contributed by atoms with Gasteiger partial charge in [-0.2, -0.15) is 0 Å². The number of nitrogens with one attached hydrogen (secondary N) is 2. The molecule has 4 rings (SSSR count). The van der Waals surface area contributed by atoms with Crippen LogP contribution >= 0.6 is 11.8 Å². The Balaban J connectivity index is 1.79. The molecule has 0 radical (unpaired) electrons. The number of benzene rings is 2. The summed E-state index contributed by atoms with van der Waals surface area (Å²) in [6.45, 7) is 2.01. The number of imide groups is 1. The zero-order chi connectivity index (χ0) is 20.4. The van der Waals surface area contributed by atoms with Crippen molar-refractivity contribution in [2.24, 2.45) is 5.73 Å². The Bertz CT molecular complexity index is 1210. The molecule has 0 aliphatic heterocycles. The van der Waals surface area contributed by atoms with Gasteiger partial charge in [0.05, 0.1) is 5.75 Å². The Hall–Kier alpha value is -3.59. The van der Waals surface area contributed by atoms with Crippen molar-refractivity contribution in [1.29, 1.82) is 0 Å². The SMILES string of the molecule is Cc1cccc(-n2c(SCC(=O)NC(N)=O)nnc2-c2c[nH]c3ccccc23)c1. The number of rotatable bonds is 5. The minimum atomic E-state index is -0.879. The van der Waals surface area contributed by atoms with Gasteiger partial charge in [0, 0.05) is 28.4 Å². The highest BCUT2D eigenvalue weighted by molar-refractivity contribution is 7.99. The molecule has 0 saturated carbocycles. The van der Waals surface area contributed by atoms with Crippen molar-refractivity contribution in [3.05, 3.63) is 60.3 Å². The smallest absolute Gasteiger partial charge is 0.318 e. The maximum Gasteiger partial charge on any atom is 0.318 e. The lowest BCUT2D eigenvalue weighted by Gasteiger charge is -2.10. The normalized spacial score (nSPS) is 10.9. The number of nitrogens with zero attached hydrogens (tertiary/aromatic N) is 3. The van der Waals surface area contributed by atoms with Crippen molar-refractivity contribution in [1.82, 2.24) is 25.1 Å². The van der Waals surface area contributed by atoms with Gasteiger partial charge in [-0.05, 0) is 30.7 Å². The number of carbonyl (C=O) groups is 2. The zero-order valence-electron chi connectivity index (χ0n) is 15.5. The van der Waals surface area contributed by atoms with Crippen LogP contribution in [0.25, 0.3) is 28.0 Å². The number of aromatic nitrogens is 4. The van der Waals surface area contributed by atoms with E-state index in [2.05, 4.69) is 20.5 Å². The number of H-pyrrole nitrogens is 1. The number of amides is 3. The molecule has 0 bridgehead atoms. The van der Waals surface area contributed by atoms with Crippen LogP contribution in [0.2, 0.25) is 0 Å². The van der Waals surface area contributed by atoms with Crippen LogP contribution in [0.5, 0.6) is 0 Å². The predicted octanol–water partition coefficient (Wildman–Crippen LogP) is 3.01. The summed E-state index contributed by atoms with van der Waals surface area (Å²) < 4.78 is 1.91. The molecule has 9 heteroatoms. The molecule has 4 N–H and O–H groups in total. The number of nitrogens with two attached hydrogens (primary N) is 1. The molecule has 0 unspecified atom stereocenters. The lowest BCUT2D eigenvalue weighted by atomic mass is 10.1. The molecular weight excluding hydrogens is 388 g/mol. The Kier molecular flexibility index (Phi) is 5.05. The summed E-state index contributed by atoms with van der Waals surface area (Å²) in [5, 5.41) is 12.3. The molecule has 4 aromatic rings. The van der Waals surface area contributed by atoms with E-state index in [0.717, 1.165) is 27.7 Å². The Morgan fingerprint density at radius 2 is 2.00 bits per heavy atom. The van der Waals surface area contributed by atoms with Gasteiger partial charge in [-0.1, -0.05) is 42.1 Å². The van der Waals surface area contributed by atoms with Crippen LogP contribution in [-0.2, 0) is 4.79 Å². The number of carbonyl (C=O) groups excluding carboxylic acids is 2. The van der Waals surface area contributed by atoms with Gasteiger partial charge >= 0.3 is 6.03 Å². The number of para-hydroxylation sites is 1. The molecule has 0 aliphatic carbocycles. The first kappa shape index (κ1) is 18.8. The van der Waals surface area contributed by atoms with Crippen LogP contribution in [-0.4, -0.2) is 37.4 Å². The van der Waals surface area contributed by atoms with Crippen molar-refractivity contribution < 1.29 is 9.59 Å². The molecule has 0 aliphatic rings. The Morgan fingerprint density at radius 3 is 2.79 bits per heavy atom. The third kappa shape index (κ3) is 3.85. The Morgan fingerprint density at radius 1 is 1.17 bits per heavy atom. The fraction of sp³-hybridized carbons (Fsp3) is 0.100. The molecule has 2 aromatic heterocycles. The van der Waals surface area contributed by atoms with E-state index < -0.39 is 11.9 Å². The first-order valence-corrected chi connectivity index (χ1v) is 9.82. The number of aryl methyl sites for hydroxylation is 1. The number of hydrogen-bond donors (Lipinski definition) is 3. The van der Waals surface area contributed by atoms with Gasteiger partial charge in [-0.25, -0.2) is 4.79 Å². The summed E-state index contributed by atoms with van der Waals surface area (Å²) in [5.41, 5.74) is 8.88. The number of hydrogen-bond acceptors (Lipinski definition) is 5. The Labute approximate surface area is 170 Å². The second-order valence-corrected chi connectivity index (χ2v) is 7.37. The van der Waals surface area contributed by atoms with Gasteiger partial charge in [-0.15, -0.1) is 10.2 Å². The van der Waals surface area contributed by atoms with Gasteiger partial charge in [0.25, 0.3) is 0 Å². The highest BCUT2D eigenvalue weighted by Crippen LogP contribution is 2.32. The van der Waals surface area contributed by atoms with Crippen molar-refractivity contribution >= 4 is 34.6 Å². The predicted molar refractivity (Wildman–Crippen MR) is 112 cm³/mol. The third-order valence-electron chi connectivity index (χ3n) is 4.32. The molecule has 0 saturated heterocycles. The molecule has 3 amide bonds. The van der Waals surface area contributed by atoms with Crippen molar-refractivity contribution in [2.75, 3.05) is 5.75 Å². The van der Waals surface area contributed by atoms with Crippen LogP contribution in [0.4, 0.5) is 4.79 Å². The summed E-state index contributed by atoms with van der Waals surface area (Å²) in [6.07, 6.45) is 1.90. The zero-order valence-corrected chi connectivity index (χ0v) is 16.4. The minimum absolute atomic E-state index is 0.0131. The molecule has 8 nitrogen and oxygen atoms in total. The summed E-state index contributed by atoms with van der Waals surface area (Å²) in [4.78, 5) is 26.0. The molecule has 29 heavy (non-hydrogen) atoms. The minimum Gasteiger partial charge on any atom is -0.360 e. The second kappa shape index (κ2) is 7.80. The molecule has 0 spiro atoms. The van der Waals surface area contributed by atoms with E-state index in [9.17, 15) is 9.59 Å². The van der Waals surface area contributed by atoms with Crippen molar-refractivity contribution in [3.8, 4) is 17.1 Å². The van der Waals surface area contributed by atoms with Gasteiger partial charge in [0.15, 0.2) is 11.0 Å². The molecule has 146 valence electrons. The first-order chi connectivity index (χ1) is 14.0. The molecule has 0 atom stereocenters. The quantitative estimate of drug-likeness (QED) is 0.440.